The molecule has 0 unspecified atom stereocenters. The first-order valence-corrected chi connectivity index (χ1v) is 6.87. The van der Waals surface area contributed by atoms with Crippen molar-refractivity contribution in [1.29, 1.82) is 0 Å². The lowest BCUT2D eigenvalue weighted by Crippen LogP contribution is -2.47. The molecule has 1 heterocycles. The number of hydrogen-bond donors (Lipinski definition) is 1. The zero-order valence-electron chi connectivity index (χ0n) is 9.95. The molecule has 0 aromatic rings. The van der Waals surface area contributed by atoms with Gasteiger partial charge in [-0.2, -0.15) is 0 Å². The summed E-state index contributed by atoms with van der Waals surface area (Å²) in [5, 5.41) is 3.24. The fourth-order valence-electron chi connectivity index (χ4n) is 2.84. The van der Waals surface area contributed by atoms with Crippen LogP contribution in [0.15, 0.2) is 0 Å². The van der Waals surface area contributed by atoms with E-state index in [4.69, 9.17) is 0 Å². The van der Waals surface area contributed by atoms with Crippen molar-refractivity contribution in [3.8, 4) is 0 Å². The third kappa shape index (κ3) is 2.24. The summed E-state index contributed by atoms with van der Waals surface area (Å²) in [4.78, 5) is 14.4. The van der Waals surface area contributed by atoms with Crippen LogP contribution in [-0.2, 0) is 4.79 Å². The predicted molar refractivity (Wildman–Crippen MR) is 63.1 cm³/mol. The first-order chi connectivity index (χ1) is 7.83. The molecule has 0 aromatic carbocycles. The molecule has 2 saturated carbocycles. The summed E-state index contributed by atoms with van der Waals surface area (Å²) >= 11 is 0. The second kappa shape index (κ2) is 4.36. The van der Waals surface area contributed by atoms with E-state index in [9.17, 15) is 4.79 Å². The third-order valence-corrected chi connectivity index (χ3v) is 4.42. The van der Waals surface area contributed by atoms with Gasteiger partial charge in [0.25, 0.3) is 0 Å². The standard InChI is InChI=1S/C13H22N2O/c16-13(10-2-1-3-10)14-11-6-8-15(9-7-11)12-4-5-12/h10-12H,1-9H2,(H,14,16). The van der Waals surface area contributed by atoms with Gasteiger partial charge in [-0.25, -0.2) is 0 Å². The molecule has 0 bridgehead atoms. The second-order valence-corrected chi connectivity index (χ2v) is 5.68. The minimum absolute atomic E-state index is 0.330. The molecule has 0 atom stereocenters. The smallest absolute Gasteiger partial charge is 0.223 e. The minimum Gasteiger partial charge on any atom is -0.353 e. The summed E-state index contributed by atoms with van der Waals surface area (Å²) < 4.78 is 0. The Morgan fingerprint density at radius 2 is 1.69 bits per heavy atom. The largest absolute Gasteiger partial charge is 0.353 e. The number of carbonyl (C=O) groups excluding carboxylic acids is 1. The van der Waals surface area contributed by atoms with Crippen molar-refractivity contribution in [2.45, 2.75) is 57.0 Å². The van der Waals surface area contributed by atoms with Crippen molar-refractivity contribution >= 4 is 5.91 Å². The van der Waals surface area contributed by atoms with E-state index >= 15 is 0 Å². The Morgan fingerprint density at radius 1 is 1.00 bits per heavy atom. The summed E-state index contributed by atoms with van der Waals surface area (Å²) in [5.41, 5.74) is 0. The van der Waals surface area contributed by atoms with E-state index in [1.54, 1.807) is 0 Å². The molecule has 0 spiro atoms. The van der Waals surface area contributed by atoms with Crippen LogP contribution in [0.5, 0.6) is 0 Å². The van der Waals surface area contributed by atoms with Gasteiger partial charge in [-0.05, 0) is 38.5 Å². The van der Waals surface area contributed by atoms with Crippen molar-refractivity contribution in [3.63, 3.8) is 0 Å². The number of nitrogens with one attached hydrogen (secondary N) is 1. The maximum absolute atomic E-state index is 11.8. The lowest BCUT2D eigenvalue weighted by atomic mass is 9.84. The van der Waals surface area contributed by atoms with Gasteiger partial charge >= 0.3 is 0 Å². The summed E-state index contributed by atoms with van der Waals surface area (Å²) in [5.74, 6) is 0.678. The van der Waals surface area contributed by atoms with Crippen LogP contribution in [0.25, 0.3) is 0 Å². The maximum atomic E-state index is 11.8. The molecular formula is C13H22N2O. The Kier molecular flexibility index (Phi) is 2.88. The number of rotatable bonds is 3. The molecule has 0 radical (unpaired) electrons. The number of amides is 1. The summed E-state index contributed by atoms with van der Waals surface area (Å²) in [7, 11) is 0. The molecular weight excluding hydrogens is 200 g/mol. The first-order valence-electron chi connectivity index (χ1n) is 6.87. The average Bonchev–Trinajstić information content (AvgIpc) is 2.99. The molecule has 1 N–H and O–H groups in total. The maximum Gasteiger partial charge on any atom is 0.223 e. The van der Waals surface area contributed by atoms with E-state index in [0.717, 1.165) is 31.7 Å². The zero-order valence-corrected chi connectivity index (χ0v) is 9.95. The highest BCUT2D eigenvalue weighted by Crippen LogP contribution is 2.30. The van der Waals surface area contributed by atoms with Gasteiger partial charge < -0.3 is 10.2 Å². The van der Waals surface area contributed by atoms with Gasteiger partial charge in [0.15, 0.2) is 0 Å². The van der Waals surface area contributed by atoms with Gasteiger partial charge in [0.1, 0.15) is 0 Å². The molecule has 3 fully saturated rings. The van der Waals surface area contributed by atoms with Crippen molar-refractivity contribution in [3.05, 3.63) is 0 Å². The van der Waals surface area contributed by atoms with E-state index < -0.39 is 0 Å². The van der Waals surface area contributed by atoms with Crippen LogP contribution in [-0.4, -0.2) is 36.0 Å². The molecule has 3 rings (SSSR count). The summed E-state index contributed by atoms with van der Waals surface area (Å²) in [6.45, 7) is 2.39. The number of nitrogens with zero attached hydrogens (tertiary/aromatic N) is 1. The van der Waals surface area contributed by atoms with Crippen molar-refractivity contribution < 1.29 is 4.79 Å². The Morgan fingerprint density at radius 3 is 2.19 bits per heavy atom. The average molecular weight is 222 g/mol. The molecule has 3 aliphatic rings. The molecule has 1 saturated heterocycles. The Hall–Kier alpha value is -0.570. The summed E-state index contributed by atoms with van der Waals surface area (Å²) in [6.07, 6.45) is 8.61. The van der Waals surface area contributed by atoms with Gasteiger partial charge in [-0.15, -0.1) is 0 Å². The molecule has 3 nitrogen and oxygen atoms in total. The SMILES string of the molecule is O=C(NC1CCN(C2CC2)CC1)C1CCC1. The Balaban J connectivity index is 1.41. The van der Waals surface area contributed by atoms with Gasteiger partial charge in [0.2, 0.25) is 5.91 Å². The van der Waals surface area contributed by atoms with Crippen molar-refractivity contribution in [2.24, 2.45) is 5.92 Å². The lowest BCUT2D eigenvalue weighted by molar-refractivity contribution is -0.128. The quantitative estimate of drug-likeness (QED) is 0.785. The predicted octanol–water partition coefficient (Wildman–Crippen LogP) is 1.53. The van der Waals surface area contributed by atoms with Crippen LogP contribution < -0.4 is 5.32 Å². The van der Waals surface area contributed by atoms with E-state index in [0.29, 0.717) is 17.9 Å². The molecule has 0 aromatic heterocycles. The Labute approximate surface area is 97.6 Å². The van der Waals surface area contributed by atoms with E-state index in [1.165, 1.54) is 32.4 Å². The normalized spacial score (nSPS) is 28.8. The lowest BCUT2D eigenvalue weighted by Gasteiger charge is -2.34. The van der Waals surface area contributed by atoms with Crippen LogP contribution in [0, 0.1) is 5.92 Å². The highest BCUT2D eigenvalue weighted by molar-refractivity contribution is 5.79. The number of likely N-dealkylation sites (tertiary alicyclic amines) is 1. The monoisotopic (exact) mass is 222 g/mol. The Bertz CT molecular complexity index is 263. The topological polar surface area (TPSA) is 32.3 Å². The molecule has 2 aliphatic carbocycles. The summed E-state index contributed by atoms with van der Waals surface area (Å²) in [6, 6.07) is 1.35. The van der Waals surface area contributed by atoms with Crippen LogP contribution in [0.2, 0.25) is 0 Å². The highest BCUT2D eigenvalue weighted by atomic mass is 16.2. The first kappa shape index (κ1) is 10.6. The van der Waals surface area contributed by atoms with Gasteiger partial charge in [0.05, 0.1) is 0 Å². The van der Waals surface area contributed by atoms with Crippen LogP contribution in [0.3, 0.4) is 0 Å². The van der Waals surface area contributed by atoms with Crippen molar-refractivity contribution in [2.75, 3.05) is 13.1 Å². The van der Waals surface area contributed by atoms with Crippen LogP contribution in [0.4, 0.5) is 0 Å². The van der Waals surface area contributed by atoms with E-state index in [2.05, 4.69) is 10.2 Å². The third-order valence-electron chi connectivity index (χ3n) is 4.42. The van der Waals surface area contributed by atoms with Crippen molar-refractivity contribution in [1.82, 2.24) is 10.2 Å². The fraction of sp³-hybridized carbons (Fsp3) is 0.923. The van der Waals surface area contributed by atoms with Gasteiger partial charge in [-0.3, -0.25) is 4.79 Å². The molecule has 1 aliphatic heterocycles. The molecule has 90 valence electrons. The molecule has 16 heavy (non-hydrogen) atoms. The van der Waals surface area contributed by atoms with Crippen LogP contribution in [0.1, 0.15) is 44.9 Å². The number of carbonyl (C=O) groups is 1. The minimum atomic E-state index is 0.330. The van der Waals surface area contributed by atoms with E-state index in [1.807, 2.05) is 0 Å². The highest BCUT2D eigenvalue weighted by Gasteiger charge is 2.33. The molecule has 3 heteroatoms. The number of hydrogen-bond acceptors (Lipinski definition) is 2. The second-order valence-electron chi connectivity index (χ2n) is 5.68. The van der Waals surface area contributed by atoms with Gasteiger partial charge in [0, 0.05) is 31.1 Å². The van der Waals surface area contributed by atoms with Gasteiger partial charge in [-0.1, -0.05) is 6.42 Å². The van der Waals surface area contributed by atoms with Crippen LogP contribution >= 0.6 is 0 Å². The zero-order chi connectivity index (χ0) is 11.0. The number of piperidine rings is 1. The fourth-order valence-corrected chi connectivity index (χ4v) is 2.84. The van der Waals surface area contributed by atoms with E-state index in [-0.39, 0.29) is 0 Å². The molecule has 1 amide bonds.